The monoisotopic (exact) mass is 380 g/mol. The van der Waals surface area contributed by atoms with Gasteiger partial charge in [-0.25, -0.2) is 14.4 Å². The Morgan fingerprint density at radius 2 is 1.08 bits per heavy atom. The van der Waals surface area contributed by atoms with Crippen LogP contribution in [0.25, 0.3) is 0 Å². The van der Waals surface area contributed by atoms with Crippen LogP contribution in [0.4, 0.5) is 0 Å². The van der Waals surface area contributed by atoms with Gasteiger partial charge in [0.25, 0.3) is 0 Å². The van der Waals surface area contributed by atoms with Gasteiger partial charge in [-0.1, -0.05) is 19.7 Å². The van der Waals surface area contributed by atoms with Gasteiger partial charge in [0, 0.05) is 24.6 Å². The quantitative estimate of drug-likeness (QED) is 0.212. The second kappa shape index (κ2) is 13.7. The minimum Gasteiger partial charge on any atom is -0.478 e. The summed E-state index contributed by atoms with van der Waals surface area (Å²) in [6.45, 7) is 8.88. The van der Waals surface area contributed by atoms with Gasteiger partial charge in [0.05, 0.1) is 0 Å². The van der Waals surface area contributed by atoms with Crippen LogP contribution in [0.1, 0.15) is 19.3 Å². The van der Waals surface area contributed by atoms with Gasteiger partial charge in [0.1, 0.15) is 6.10 Å². The number of carbonyl (C=O) groups is 3. The Hall–Kier alpha value is -2.57. The van der Waals surface area contributed by atoms with Crippen LogP contribution in [-0.2, 0) is 14.4 Å². The summed E-state index contributed by atoms with van der Waals surface area (Å²) >= 11 is 0. The molecule has 0 aromatic heterocycles. The zero-order chi connectivity index (χ0) is 21.6. The highest BCUT2D eigenvalue weighted by Gasteiger charge is 2.54. The molecular weight excluding hydrogens is 356 g/mol. The van der Waals surface area contributed by atoms with Crippen LogP contribution in [0.2, 0.25) is 0 Å². The summed E-state index contributed by atoms with van der Waals surface area (Å²) in [4.78, 5) is 27.8. The number of aliphatic hydroxyl groups is 5. The zero-order valence-corrected chi connectivity index (χ0v) is 13.9. The maximum Gasteiger partial charge on any atom is 0.327 e. The van der Waals surface area contributed by atoms with Crippen LogP contribution < -0.4 is 0 Å². The Labute approximate surface area is 149 Å². The summed E-state index contributed by atoms with van der Waals surface area (Å²) in [6.07, 6.45) is 1.38. The third kappa shape index (κ3) is 13.8. The smallest absolute Gasteiger partial charge is 0.327 e. The van der Waals surface area contributed by atoms with Crippen molar-refractivity contribution >= 4 is 17.9 Å². The van der Waals surface area contributed by atoms with E-state index in [4.69, 9.17) is 40.9 Å². The average molecular weight is 380 g/mol. The molecule has 8 N–H and O–H groups in total. The van der Waals surface area contributed by atoms with E-state index in [0.717, 1.165) is 18.2 Å². The van der Waals surface area contributed by atoms with E-state index >= 15 is 0 Å². The maximum atomic E-state index is 9.25. The average Bonchev–Trinajstić information content (AvgIpc) is 2.54. The first kappa shape index (κ1) is 28.2. The molecule has 0 heterocycles. The first-order valence-corrected chi connectivity index (χ1v) is 6.83. The summed E-state index contributed by atoms with van der Waals surface area (Å²) in [5, 5.41) is 67.7. The van der Waals surface area contributed by atoms with E-state index in [1.165, 1.54) is 0 Å². The van der Waals surface area contributed by atoms with Gasteiger partial charge in [0.15, 0.2) is 0 Å². The van der Waals surface area contributed by atoms with Crippen LogP contribution >= 0.6 is 0 Å². The fraction of sp³-hybridized carbons (Fsp3) is 0.400. The van der Waals surface area contributed by atoms with E-state index in [2.05, 4.69) is 19.7 Å². The Bertz CT molecular complexity index is 451. The van der Waals surface area contributed by atoms with Crippen molar-refractivity contribution in [3.63, 3.8) is 0 Å². The fourth-order valence-electron chi connectivity index (χ4n) is 1.19. The molecule has 150 valence electrons. The molecule has 0 spiro atoms. The molecule has 11 nitrogen and oxygen atoms in total. The molecule has 1 rings (SSSR count). The van der Waals surface area contributed by atoms with Crippen molar-refractivity contribution in [2.75, 3.05) is 0 Å². The van der Waals surface area contributed by atoms with Gasteiger partial charge in [-0.05, 0) is 12.8 Å². The Morgan fingerprint density at radius 1 is 0.808 bits per heavy atom. The molecule has 0 aromatic rings. The first-order valence-electron chi connectivity index (χ1n) is 6.83. The molecule has 0 aliphatic heterocycles. The molecule has 0 aromatic carbocycles. The number of carboxylic acids is 3. The molecular formula is C15H24O11. The number of carboxylic acid groups (broad SMARTS) is 3. The van der Waals surface area contributed by atoms with Crippen molar-refractivity contribution in [1.82, 2.24) is 0 Å². The second-order valence-electron chi connectivity index (χ2n) is 4.58. The largest absolute Gasteiger partial charge is 0.478 e. The maximum absolute atomic E-state index is 9.25. The number of hydrogen-bond acceptors (Lipinski definition) is 8. The van der Waals surface area contributed by atoms with Gasteiger partial charge < -0.3 is 40.9 Å². The van der Waals surface area contributed by atoms with Gasteiger partial charge in [-0.3, -0.25) is 0 Å². The van der Waals surface area contributed by atoms with Gasteiger partial charge in [0.2, 0.25) is 11.6 Å². The van der Waals surface area contributed by atoms with Crippen LogP contribution in [0.5, 0.6) is 0 Å². The number of hydrogen-bond donors (Lipinski definition) is 8. The normalized spacial score (nSPS) is 18.6. The van der Waals surface area contributed by atoms with Crippen molar-refractivity contribution in [2.24, 2.45) is 0 Å². The number of rotatable bonds is 3. The molecule has 0 radical (unpaired) electrons. The summed E-state index contributed by atoms with van der Waals surface area (Å²) in [5.41, 5.74) is 0. The summed E-state index contributed by atoms with van der Waals surface area (Å²) in [7, 11) is 0. The topological polar surface area (TPSA) is 213 Å². The molecule has 1 aliphatic rings. The molecule has 1 unspecified atom stereocenters. The predicted molar refractivity (Wildman–Crippen MR) is 87.7 cm³/mol. The van der Waals surface area contributed by atoms with E-state index in [9.17, 15) is 14.4 Å². The third-order valence-corrected chi connectivity index (χ3v) is 2.58. The zero-order valence-electron chi connectivity index (χ0n) is 13.9. The molecule has 1 fully saturated rings. The summed E-state index contributed by atoms with van der Waals surface area (Å²) < 4.78 is 0. The lowest BCUT2D eigenvalue weighted by Gasteiger charge is -2.41. The highest BCUT2D eigenvalue weighted by Crippen LogP contribution is 2.33. The van der Waals surface area contributed by atoms with Crippen molar-refractivity contribution < 1.29 is 55.2 Å². The SMILES string of the molecule is C=CC(=O)O.C=CC(=O)O.C=CC(=O)O.OC1CCCC(O)(O)C1(O)O. The van der Waals surface area contributed by atoms with Crippen LogP contribution in [0.3, 0.4) is 0 Å². The van der Waals surface area contributed by atoms with Crippen LogP contribution in [0.15, 0.2) is 38.0 Å². The van der Waals surface area contributed by atoms with Crippen LogP contribution in [0, 0.1) is 0 Å². The molecule has 11 heteroatoms. The standard InChI is InChI=1S/C6H12O5.3C3H4O2/c7-4-2-1-3-5(8,9)6(4,10)11;3*1-2-3(4)5/h4,7-11H,1-3H2;3*2H,1H2,(H,4,5). The fourth-order valence-corrected chi connectivity index (χ4v) is 1.19. The van der Waals surface area contributed by atoms with E-state index in [0.29, 0.717) is 6.42 Å². The van der Waals surface area contributed by atoms with Crippen molar-refractivity contribution in [2.45, 2.75) is 36.9 Å². The van der Waals surface area contributed by atoms with E-state index in [1.807, 2.05) is 0 Å². The Balaban J connectivity index is -0.000000300. The number of aliphatic carboxylic acids is 3. The molecule has 1 saturated carbocycles. The predicted octanol–water partition coefficient (Wildman–Crippen LogP) is -1.34. The molecule has 0 saturated heterocycles. The second-order valence-corrected chi connectivity index (χ2v) is 4.58. The van der Waals surface area contributed by atoms with Gasteiger partial charge in [-0.2, -0.15) is 0 Å². The molecule has 26 heavy (non-hydrogen) atoms. The Morgan fingerprint density at radius 3 is 1.23 bits per heavy atom. The van der Waals surface area contributed by atoms with Crippen molar-refractivity contribution in [1.29, 1.82) is 0 Å². The first-order chi connectivity index (χ1) is 11.7. The minimum absolute atomic E-state index is 0.142. The summed E-state index contributed by atoms with van der Waals surface area (Å²) in [6, 6.07) is 0. The van der Waals surface area contributed by atoms with Crippen molar-refractivity contribution in [3.05, 3.63) is 38.0 Å². The van der Waals surface area contributed by atoms with E-state index < -0.39 is 35.6 Å². The van der Waals surface area contributed by atoms with Crippen molar-refractivity contribution in [3.8, 4) is 0 Å². The summed E-state index contributed by atoms with van der Waals surface area (Å²) in [5.74, 6) is -8.34. The highest BCUT2D eigenvalue weighted by molar-refractivity contribution is 5.79. The molecule has 1 aliphatic carbocycles. The lowest BCUT2D eigenvalue weighted by atomic mass is 9.86. The van der Waals surface area contributed by atoms with Gasteiger partial charge in [-0.15, -0.1) is 0 Å². The number of aliphatic hydroxyl groups excluding tert-OH is 1. The lowest BCUT2D eigenvalue weighted by molar-refractivity contribution is -0.397. The minimum atomic E-state index is -2.80. The molecule has 0 bridgehead atoms. The third-order valence-electron chi connectivity index (χ3n) is 2.58. The Kier molecular flexibility index (Phi) is 14.9. The highest BCUT2D eigenvalue weighted by atomic mass is 16.6. The van der Waals surface area contributed by atoms with Gasteiger partial charge >= 0.3 is 17.9 Å². The molecule has 1 atom stereocenters. The lowest BCUT2D eigenvalue weighted by Crippen LogP contribution is -2.63. The molecule has 0 amide bonds. The van der Waals surface area contributed by atoms with E-state index in [-0.39, 0.29) is 12.8 Å². The van der Waals surface area contributed by atoms with E-state index in [1.54, 1.807) is 0 Å². The van der Waals surface area contributed by atoms with Crippen LogP contribution in [-0.4, -0.2) is 76.4 Å².